The van der Waals surface area contributed by atoms with Gasteiger partial charge in [-0.25, -0.2) is 9.59 Å². The fourth-order valence-electron chi connectivity index (χ4n) is 2.47. The Hall–Kier alpha value is -1.56. The van der Waals surface area contributed by atoms with Crippen LogP contribution >= 0.6 is 15.9 Å². The number of nitrogens with one attached hydrogen (secondary N) is 1. The molecule has 0 aliphatic carbocycles. The molecular formula is C15H19BrN2O3. The standard InChI is InChI=1S/C15H19BrN2O3/c1-10-6-7-11(9-12(10)16)17-15(21)18-8-4-2-3-5-13(18)14(19)20/h6-7,9,13H,2-5,8H2,1H3,(H,17,21)(H,19,20). The van der Waals surface area contributed by atoms with Gasteiger partial charge in [0.25, 0.3) is 0 Å². The number of aryl methyl sites for hydroxylation is 1. The minimum absolute atomic E-state index is 0.347. The third kappa shape index (κ3) is 3.97. The van der Waals surface area contributed by atoms with Crippen LogP contribution in [0.2, 0.25) is 0 Å². The minimum atomic E-state index is -0.933. The number of carboxylic acid groups (broad SMARTS) is 1. The van der Waals surface area contributed by atoms with Crippen molar-refractivity contribution in [1.82, 2.24) is 4.90 Å². The van der Waals surface area contributed by atoms with Crippen LogP contribution in [0.25, 0.3) is 0 Å². The van der Waals surface area contributed by atoms with Crippen LogP contribution < -0.4 is 5.32 Å². The van der Waals surface area contributed by atoms with E-state index in [0.29, 0.717) is 18.7 Å². The summed E-state index contributed by atoms with van der Waals surface area (Å²) in [6.07, 6.45) is 3.16. The molecule has 21 heavy (non-hydrogen) atoms. The predicted molar refractivity (Wildman–Crippen MR) is 84.5 cm³/mol. The normalized spacial score (nSPS) is 19.0. The third-order valence-electron chi connectivity index (χ3n) is 3.72. The Bertz CT molecular complexity index is 548. The van der Waals surface area contributed by atoms with Gasteiger partial charge in [-0.05, 0) is 37.5 Å². The van der Waals surface area contributed by atoms with Crippen LogP contribution in [0.1, 0.15) is 31.2 Å². The molecule has 1 fully saturated rings. The highest BCUT2D eigenvalue weighted by molar-refractivity contribution is 9.10. The van der Waals surface area contributed by atoms with Gasteiger partial charge in [0.1, 0.15) is 6.04 Å². The lowest BCUT2D eigenvalue weighted by atomic mass is 10.1. The van der Waals surface area contributed by atoms with Crippen molar-refractivity contribution in [2.75, 3.05) is 11.9 Å². The Morgan fingerprint density at radius 1 is 1.33 bits per heavy atom. The fourth-order valence-corrected chi connectivity index (χ4v) is 2.85. The number of amides is 2. The van der Waals surface area contributed by atoms with Gasteiger partial charge < -0.3 is 15.3 Å². The van der Waals surface area contributed by atoms with Crippen molar-refractivity contribution in [3.05, 3.63) is 28.2 Å². The number of nitrogens with zero attached hydrogens (tertiary/aromatic N) is 1. The molecule has 5 nitrogen and oxygen atoms in total. The molecule has 6 heteroatoms. The SMILES string of the molecule is Cc1ccc(NC(=O)N2CCCCCC2C(=O)O)cc1Br. The molecule has 114 valence electrons. The Balaban J connectivity index is 2.12. The average molecular weight is 355 g/mol. The molecule has 0 aromatic heterocycles. The van der Waals surface area contributed by atoms with Crippen LogP contribution in [0.5, 0.6) is 0 Å². The zero-order valence-corrected chi connectivity index (χ0v) is 13.5. The third-order valence-corrected chi connectivity index (χ3v) is 4.58. The zero-order valence-electron chi connectivity index (χ0n) is 11.9. The second-order valence-electron chi connectivity index (χ2n) is 5.29. The van der Waals surface area contributed by atoms with E-state index in [9.17, 15) is 14.7 Å². The highest BCUT2D eigenvalue weighted by Gasteiger charge is 2.30. The van der Waals surface area contributed by atoms with Gasteiger partial charge in [0.05, 0.1) is 0 Å². The highest BCUT2D eigenvalue weighted by Crippen LogP contribution is 2.22. The van der Waals surface area contributed by atoms with E-state index in [-0.39, 0.29) is 6.03 Å². The molecule has 0 spiro atoms. The first-order valence-electron chi connectivity index (χ1n) is 7.05. The molecule has 1 heterocycles. The molecule has 1 atom stereocenters. The summed E-state index contributed by atoms with van der Waals surface area (Å²) in [6.45, 7) is 2.45. The molecule has 1 saturated heterocycles. The molecule has 0 radical (unpaired) electrons. The van der Waals surface area contributed by atoms with Gasteiger partial charge in [0, 0.05) is 16.7 Å². The maximum absolute atomic E-state index is 12.4. The van der Waals surface area contributed by atoms with E-state index in [1.807, 2.05) is 25.1 Å². The Morgan fingerprint density at radius 3 is 2.76 bits per heavy atom. The molecule has 0 bridgehead atoms. The minimum Gasteiger partial charge on any atom is -0.480 e. The molecule has 2 rings (SSSR count). The highest BCUT2D eigenvalue weighted by atomic mass is 79.9. The summed E-state index contributed by atoms with van der Waals surface area (Å²) in [6, 6.07) is 4.45. The van der Waals surface area contributed by atoms with Gasteiger partial charge in [-0.1, -0.05) is 34.8 Å². The van der Waals surface area contributed by atoms with Gasteiger partial charge in [-0.2, -0.15) is 0 Å². The van der Waals surface area contributed by atoms with Crippen molar-refractivity contribution in [3.8, 4) is 0 Å². The number of benzene rings is 1. The van der Waals surface area contributed by atoms with E-state index in [0.717, 1.165) is 29.3 Å². The van der Waals surface area contributed by atoms with E-state index >= 15 is 0 Å². The van der Waals surface area contributed by atoms with Gasteiger partial charge in [-0.3, -0.25) is 0 Å². The van der Waals surface area contributed by atoms with Crippen molar-refractivity contribution in [2.24, 2.45) is 0 Å². The van der Waals surface area contributed by atoms with E-state index in [1.54, 1.807) is 0 Å². The van der Waals surface area contributed by atoms with Gasteiger partial charge in [0.2, 0.25) is 0 Å². The second-order valence-corrected chi connectivity index (χ2v) is 6.15. The maximum Gasteiger partial charge on any atom is 0.326 e. The molecule has 2 amide bonds. The molecule has 1 aromatic carbocycles. The molecule has 0 saturated carbocycles. The lowest BCUT2D eigenvalue weighted by Gasteiger charge is -2.27. The quantitative estimate of drug-likeness (QED) is 0.851. The van der Waals surface area contributed by atoms with E-state index in [2.05, 4.69) is 21.2 Å². The first-order valence-corrected chi connectivity index (χ1v) is 7.85. The van der Waals surface area contributed by atoms with E-state index in [4.69, 9.17) is 0 Å². The summed E-state index contributed by atoms with van der Waals surface area (Å²) in [4.78, 5) is 25.1. The second kappa shape index (κ2) is 6.93. The first kappa shape index (κ1) is 15.8. The van der Waals surface area contributed by atoms with Crippen LogP contribution in [0.15, 0.2) is 22.7 Å². The Morgan fingerprint density at radius 2 is 2.10 bits per heavy atom. The predicted octanol–water partition coefficient (Wildman–Crippen LogP) is 3.62. The smallest absolute Gasteiger partial charge is 0.326 e. The molecule has 1 aliphatic heterocycles. The Labute approximate surface area is 132 Å². The van der Waals surface area contributed by atoms with E-state index in [1.165, 1.54) is 4.90 Å². The summed E-state index contributed by atoms with van der Waals surface area (Å²) < 4.78 is 0.908. The number of aliphatic carboxylic acids is 1. The molecule has 1 aliphatic rings. The van der Waals surface area contributed by atoms with Crippen LogP contribution in [-0.2, 0) is 4.79 Å². The van der Waals surface area contributed by atoms with Gasteiger partial charge in [-0.15, -0.1) is 0 Å². The average Bonchev–Trinajstić information content (AvgIpc) is 2.68. The zero-order chi connectivity index (χ0) is 15.4. The number of carboxylic acids is 1. The monoisotopic (exact) mass is 354 g/mol. The Kier molecular flexibility index (Phi) is 5.22. The van der Waals surface area contributed by atoms with Crippen LogP contribution in [0, 0.1) is 6.92 Å². The van der Waals surface area contributed by atoms with Crippen LogP contribution in [0.4, 0.5) is 10.5 Å². The number of carbonyl (C=O) groups is 2. The van der Waals surface area contributed by atoms with Gasteiger partial charge >= 0.3 is 12.0 Å². The topological polar surface area (TPSA) is 69.6 Å². The summed E-state index contributed by atoms with van der Waals surface area (Å²) in [5, 5.41) is 12.1. The number of anilines is 1. The molecular weight excluding hydrogens is 336 g/mol. The number of hydrogen-bond acceptors (Lipinski definition) is 2. The summed E-state index contributed by atoms with van der Waals surface area (Å²) in [5.41, 5.74) is 1.73. The largest absolute Gasteiger partial charge is 0.480 e. The first-order chi connectivity index (χ1) is 9.99. The van der Waals surface area contributed by atoms with Crippen LogP contribution in [0.3, 0.4) is 0 Å². The van der Waals surface area contributed by atoms with Crippen molar-refractivity contribution < 1.29 is 14.7 Å². The number of halogens is 1. The number of hydrogen-bond donors (Lipinski definition) is 2. The van der Waals surface area contributed by atoms with Crippen molar-refractivity contribution in [1.29, 1.82) is 0 Å². The summed E-state index contributed by atoms with van der Waals surface area (Å²) in [5.74, 6) is -0.933. The number of carbonyl (C=O) groups excluding carboxylic acids is 1. The fraction of sp³-hybridized carbons (Fsp3) is 0.467. The van der Waals surface area contributed by atoms with Crippen molar-refractivity contribution in [2.45, 2.75) is 38.6 Å². The van der Waals surface area contributed by atoms with Crippen molar-refractivity contribution in [3.63, 3.8) is 0 Å². The molecule has 1 aromatic rings. The lowest BCUT2D eigenvalue weighted by molar-refractivity contribution is -0.142. The molecule has 2 N–H and O–H groups in total. The summed E-state index contributed by atoms with van der Waals surface area (Å²) in [7, 11) is 0. The van der Waals surface area contributed by atoms with Crippen LogP contribution in [-0.4, -0.2) is 34.6 Å². The summed E-state index contributed by atoms with van der Waals surface area (Å²) >= 11 is 3.42. The van der Waals surface area contributed by atoms with Crippen molar-refractivity contribution >= 4 is 33.6 Å². The lowest BCUT2D eigenvalue weighted by Crippen LogP contribution is -2.46. The number of likely N-dealkylation sites (tertiary alicyclic amines) is 1. The number of rotatable bonds is 2. The van der Waals surface area contributed by atoms with E-state index < -0.39 is 12.0 Å². The van der Waals surface area contributed by atoms with Gasteiger partial charge in [0.15, 0.2) is 0 Å². The maximum atomic E-state index is 12.4. The number of urea groups is 1. The molecule has 1 unspecified atom stereocenters.